The minimum absolute atomic E-state index is 0.0386. The largest absolute Gasteiger partial charge is 0.339 e. The number of amides is 1. The third kappa shape index (κ3) is 5.28. The molecule has 0 aliphatic carbocycles. The van der Waals surface area contributed by atoms with Crippen LogP contribution in [-0.2, 0) is 14.8 Å². The zero-order valence-corrected chi connectivity index (χ0v) is 18.8. The summed E-state index contributed by atoms with van der Waals surface area (Å²) in [7, 11) is -3.81. The molecule has 1 heterocycles. The fourth-order valence-electron chi connectivity index (χ4n) is 3.63. The van der Waals surface area contributed by atoms with Crippen LogP contribution in [0, 0.1) is 13.8 Å². The zero-order valence-electron chi connectivity index (χ0n) is 18.0. The van der Waals surface area contributed by atoms with Gasteiger partial charge in [-0.25, -0.2) is 8.42 Å². The van der Waals surface area contributed by atoms with Crippen molar-refractivity contribution in [3.8, 4) is 0 Å². The maximum Gasteiger partial charge on any atom is 0.243 e. The van der Waals surface area contributed by atoms with Crippen molar-refractivity contribution in [2.45, 2.75) is 31.6 Å². The summed E-state index contributed by atoms with van der Waals surface area (Å²) in [5.74, 6) is -0.187. The Morgan fingerprint density at radius 2 is 1.73 bits per heavy atom. The zero-order chi connectivity index (χ0) is 21.7. The van der Waals surface area contributed by atoms with Gasteiger partial charge in [0.25, 0.3) is 0 Å². The Morgan fingerprint density at radius 3 is 2.37 bits per heavy atom. The van der Waals surface area contributed by atoms with Crippen molar-refractivity contribution in [2.75, 3.05) is 39.3 Å². The summed E-state index contributed by atoms with van der Waals surface area (Å²) in [5, 5.41) is 3.22. The van der Waals surface area contributed by atoms with Crippen LogP contribution in [0.3, 0.4) is 0 Å². The Kier molecular flexibility index (Phi) is 7.28. The molecule has 1 saturated heterocycles. The van der Waals surface area contributed by atoms with Crippen molar-refractivity contribution in [2.24, 2.45) is 0 Å². The Labute approximate surface area is 179 Å². The summed E-state index contributed by atoms with van der Waals surface area (Å²) >= 11 is 0. The summed E-state index contributed by atoms with van der Waals surface area (Å²) in [5.41, 5.74) is 3.00. The van der Waals surface area contributed by atoms with Gasteiger partial charge in [0.05, 0.1) is 11.4 Å². The van der Waals surface area contributed by atoms with Crippen LogP contribution < -0.4 is 5.32 Å². The van der Waals surface area contributed by atoms with Gasteiger partial charge < -0.3 is 10.2 Å². The SMILES string of the molecule is Cc1ccc(S(=O)(=O)N(CC(=O)N2CCNCC2)C[C@H](C)c2ccccc2)cc1C. The molecule has 0 spiro atoms. The number of rotatable bonds is 7. The van der Waals surface area contributed by atoms with Crippen LogP contribution in [0.25, 0.3) is 0 Å². The molecule has 1 aliphatic heterocycles. The number of nitrogens with zero attached hydrogens (tertiary/aromatic N) is 2. The molecule has 7 heteroatoms. The molecule has 30 heavy (non-hydrogen) atoms. The monoisotopic (exact) mass is 429 g/mol. The molecular formula is C23H31N3O3S. The summed E-state index contributed by atoms with van der Waals surface area (Å²) in [6.45, 7) is 8.62. The molecule has 162 valence electrons. The van der Waals surface area contributed by atoms with E-state index in [4.69, 9.17) is 0 Å². The Morgan fingerprint density at radius 1 is 1.07 bits per heavy atom. The molecule has 1 atom stereocenters. The molecule has 3 rings (SSSR count). The number of benzene rings is 2. The van der Waals surface area contributed by atoms with Gasteiger partial charge in [-0.05, 0) is 48.6 Å². The van der Waals surface area contributed by atoms with E-state index in [0.29, 0.717) is 13.1 Å². The van der Waals surface area contributed by atoms with Gasteiger partial charge in [0.2, 0.25) is 15.9 Å². The number of sulfonamides is 1. The third-order valence-corrected chi connectivity index (χ3v) is 7.55. The van der Waals surface area contributed by atoms with E-state index in [1.54, 1.807) is 17.0 Å². The van der Waals surface area contributed by atoms with Crippen molar-refractivity contribution >= 4 is 15.9 Å². The van der Waals surface area contributed by atoms with Gasteiger partial charge in [0.15, 0.2) is 0 Å². The first-order valence-electron chi connectivity index (χ1n) is 10.4. The molecule has 2 aromatic rings. The number of aryl methyl sites for hydroxylation is 2. The molecule has 0 radical (unpaired) electrons. The number of carbonyl (C=O) groups excluding carboxylic acids is 1. The Bertz CT molecular complexity index is 970. The van der Waals surface area contributed by atoms with E-state index in [9.17, 15) is 13.2 Å². The summed E-state index contributed by atoms with van der Waals surface area (Å²) < 4.78 is 28.4. The van der Waals surface area contributed by atoms with Crippen molar-refractivity contribution in [3.05, 3.63) is 65.2 Å². The minimum atomic E-state index is -3.81. The van der Waals surface area contributed by atoms with E-state index in [1.807, 2.05) is 57.2 Å². The highest BCUT2D eigenvalue weighted by molar-refractivity contribution is 7.89. The first-order valence-corrected chi connectivity index (χ1v) is 11.8. The molecule has 0 unspecified atom stereocenters. The predicted octanol–water partition coefficient (Wildman–Crippen LogP) is 2.53. The fraction of sp³-hybridized carbons (Fsp3) is 0.435. The van der Waals surface area contributed by atoms with Crippen LogP contribution in [0.5, 0.6) is 0 Å². The van der Waals surface area contributed by atoms with Gasteiger partial charge >= 0.3 is 0 Å². The summed E-state index contributed by atoms with van der Waals surface area (Å²) in [6, 6.07) is 15.0. The normalized spacial score (nSPS) is 15.9. The second kappa shape index (κ2) is 9.73. The van der Waals surface area contributed by atoms with E-state index in [1.165, 1.54) is 4.31 Å². The molecule has 1 amide bonds. The van der Waals surface area contributed by atoms with Gasteiger partial charge in [-0.1, -0.05) is 43.3 Å². The highest BCUT2D eigenvalue weighted by Crippen LogP contribution is 2.23. The average molecular weight is 430 g/mol. The van der Waals surface area contributed by atoms with Gasteiger partial charge in [-0.2, -0.15) is 4.31 Å². The quantitative estimate of drug-likeness (QED) is 0.734. The highest BCUT2D eigenvalue weighted by atomic mass is 32.2. The van der Waals surface area contributed by atoms with Crippen LogP contribution in [0.2, 0.25) is 0 Å². The maximum absolute atomic E-state index is 13.5. The number of hydrogen-bond donors (Lipinski definition) is 1. The van der Waals surface area contributed by atoms with Crippen LogP contribution in [0.4, 0.5) is 0 Å². The number of piperazine rings is 1. The second-order valence-corrected chi connectivity index (χ2v) is 9.92. The van der Waals surface area contributed by atoms with E-state index in [-0.39, 0.29) is 29.8 Å². The van der Waals surface area contributed by atoms with E-state index in [0.717, 1.165) is 29.8 Å². The van der Waals surface area contributed by atoms with E-state index < -0.39 is 10.0 Å². The number of hydrogen-bond acceptors (Lipinski definition) is 4. The van der Waals surface area contributed by atoms with E-state index in [2.05, 4.69) is 5.32 Å². The van der Waals surface area contributed by atoms with Crippen LogP contribution in [0.15, 0.2) is 53.4 Å². The molecule has 1 aliphatic rings. The lowest BCUT2D eigenvalue weighted by Gasteiger charge is -2.31. The van der Waals surface area contributed by atoms with Crippen LogP contribution in [-0.4, -0.2) is 62.8 Å². The first-order chi connectivity index (χ1) is 14.3. The lowest BCUT2D eigenvalue weighted by atomic mass is 10.0. The summed E-state index contributed by atoms with van der Waals surface area (Å²) in [6.07, 6.45) is 0. The molecule has 6 nitrogen and oxygen atoms in total. The van der Waals surface area contributed by atoms with Crippen molar-refractivity contribution < 1.29 is 13.2 Å². The predicted molar refractivity (Wildman–Crippen MR) is 119 cm³/mol. The standard InChI is InChI=1S/C23H31N3O3S/c1-18-9-10-22(15-19(18)2)30(28,29)26(16-20(3)21-7-5-4-6-8-21)17-23(27)25-13-11-24-12-14-25/h4-10,15,20,24H,11-14,16-17H2,1-3H3/t20-/m0/s1. The minimum Gasteiger partial charge on any atom is -0.339 e. The summed E-state index contributed by atoms with van der Waals surface area (Å²) in [4.78, 5) is 14.9. The maximum atomic E-state index is 13.5. The fourth-order valence-corrected chi connectivity index (χ4v) is 5.19. The molecule has 0 bridgehead atoms. The molecule has 0 aromatic heterocycles. The third-order valence-electron chi connectivity index (χ3n) is 5.74. The molecule has 1 N–H and O–H groups in total. The smallest absolute Gasteiger partial charge is 0.243 e. The van der Waals surface area contributed by atoms with E-state index >= 15 is 0 Å². The molecule has 1 fully saturated rings. The molecule has 0 saturated carbocycles. The first kappa shape index (κ1) is 22.5. The van der Waals surface area contributed by atoms with Gasteiger partial charge in [0.1, 0.15) is 0 Å². The van der Waals surface area contributed by atoms with Gasteiger partial charge in [0, 0.05) is 32.7 Å². The highest BCUT2D eigenvalue weighted by Gasteiger charge is 2.30. The average Bonchev–Trinajstić information content (AvgIpc) is 2.76. The number of nitrogens with one attached hydrogen (secondary N) is 1. The van der Waals surface area contributed by atoms with Gasteiger partial charge in [-0.15, -0.1) is 0 Å². The van der Waals surface area contributed by atoms with Gasteiger partial charge in [-0.3, -0.25) is 4.79 Å². The van der Waals surface area contributed by atoms with Crippen molar-refractivity contribution in [1.82, 2.24) is 14.5 Å². The number of carbonyl (C=O) groups is 1. The lowest BCUT2D eigenvalue weighted by Crippen LogP contribution is -2.50. The van der Waals surface area contributed by atoms with Crippen LogP contribution >= 0.6 is 0 Å². The Hall–Kier alpha value is -2.22. The van der Waals surface area contributed by atoms with Crippen molar-refractivity contribution in [3.63, 3.8) is 0 Å². The molecule has 2 aromatic carbocycles. The molecular weight excluding hydrogens is 398 g/mol. The van der Waals surface area contributed by atoms with Crippen LogP contribution in [0.1, 0.15) is 29.5 Å². The Balaban J connectivity index is 1.89. The second-order valence-electron chi connectivity index (χ2n) is 7.99. The lowest BCUT2D eigenvalue weighted by molar-refractivity contribution is -0.132. The van der Waals surface area contributed by atoms with Crippen molar-refractivity contribution in [1.29, 1.82) is 0 Å². The topological polar surface area (TPSA) is 69.7 Å².